The Morgan fingerprint density at radius 3 is 2.57 bits per heavy atom. The number of nitrogens with one attached hydrogen (secondary N) is 2. The largest absolute Gasteiger partial charge is 0.507 e. The van der Waals surface area contributed by atoms with Gasteiger partial charge in [0.15, 0.2) is 5.82 Å². The van der Waals surface area contributed by atoms with E-state index in [9.17, 15) is 9.90 Å². The SMILES string of the molecule is Cc1ccc2c(C(=N)C[C@@H](C)NC(=O)c3cccc(N(C)C)c3)nc(-c3ccccc3O)nc2c1. The van der Waals surface area contributed by atoms with Crippen LogP contribution in [0, 0.1) is 12.3 Å². The summed E-state index contributed by atoms with van der Waals surface area (Å²) >= 11 is 0. The van der Waals surface area contributed by atoms with E-state index in [0.29, 0.717) is 34.6 Å². The molecule has 0 saturated carbocycles. The van der Waals surface area contributed by atoms with Crippen molar-refractivity contribution in [1.82, 2.24) is 15.3 Å². The molecule has 35 heavy (non-hydrogen) atoms. The number of amides is 1. The molecule has 7 nitrogen and oxygen atoms in total. The molecule has 1 atom stereocenters. The van der Waals surface area contributed by atoms with Crippen LogP contribution in [0.4, 0.5) is 5.69 Å². The zero-order chi connectivity index (χ0) is 25.1. The van der Waals surface area contributed by atoms with E-state index in [2.05, 4.69) is 15.3 Å². The van der Waals surface area contributed by atoms with Crippen LogP contribution in [-0.2, 0) is 0 Å². The standard InChI is InChI=1S/C28H29N5O2/c1-17-12-13-21-24(14-17)31-27(22-10-5-6-11-25(22)34)32-26(21)23(29)15-18(2)30-28(35)19-8-7-9-20(16-19)33(3)4/h5-14,16,18,29,34H,15H2,1-4H3,(H,30,35)/t18-/m1/s1. The van der Waals surface area contributed by atoms with Crippen LogP contribution in [0.25, 0.3) is 22.3 Å². The summed E-state index contributed by atoms with van der Waals surface area (Å²) in [7, 11) is 3.86. The molecule has 0 unspecified atom stereocenters. The highest BCUT2D eigenvalue weighted by molar-refractivity contribution is 6.08. The van der Waals surface area contributed by atoms with Crippen LogP contribution >= 0.6 is 0 Å². The highest BCUT2D eigenvalue weighted by Crippen LogP contribution is 2.29. The van der Waals surface area contributed by atoms with Crippen molar-refractivity contribution in [3.05, 3.63) is 83.6 Å². The van der Waals surface area contributed by atoms with Gasteiger partial charge in [0.1, 0.15) is 5.75 Å². The molecule has 178 valence electrons. The lowest BCUT2D eigenvalue weighted by atomic mass is 10.0. The first-order valence-corrected chi connectivity index (χ1v) is 11.5. The Kier molecular flexibility index (Phi) is 6.78. The van der Waals surface area contributed by atoms with E-state index >= 15 is 0 Å². The lowest BCUT2D eigenvalue weighted by molar-refractivity contribution is 0.0941. The first kappa shape index (κ1) is 23.9. The number of hydrogen-bond donors (Lipinski definition) is 3. The van der Waals surface area contributed by atoms with E-state index < -0.39 is 0 Å². The quantitative estimate of drug-likeness (QED) is 0.334. The minimum absolute atomic E-state index is 0.0811. The van der Waals surface area contributed by atoms with Crippen molar-refractivity contribution in [3.8, 4) is 17.1 Å². The van der Waals surface area contributed by atoms with Gasteiger partial charge in [-0.3, -0.25) is 4.79 Å². The fourth-order valence-electron chi connectivity index (χ4n) is 3.94. The van der Waals surface area contributed by atoms with Crippen molar-refractivity contribution in [2.75, 3.05) is 19.0 Å². The van der Waals surface area contributed by atoms with Gasteiger partial charge < -0.3 is 20.7 Å². The number of rotatable bonds is 7. The summed E-state index contributed by atoms with van der Waals surface area (Å²) in [6.07, 6.45) is 0.291. The number of aromatic hydroxyl groups is 1. The molecule has 3 aromatic carbocycles. The van der Waals surface area contributed by atoms with Gasteiger partial charge in [0, 0.05) is 43.2 Å². The normalized spacial score (nSPS) is 11.8. The Morgan fingerprint density at radius 1 is 1.06 bits per heavy atom. The average molecular weight is 468 g/mol. The highest BCUT2D eigenvalue weighted by Gasteiger charge is 2.18. The van der Waals surface area contributed by atoms with Crippen LogP contribution in [0.15, 0.2) is 66.7 Å². The molecule has 0 aliphatic heterocycles. The minimum atomic E-state index is -0.290. The molecule has 0 aliphatic carbocycles. The molecule has 1 aromatic heterocycles. The number of phenolic OH excluding ortho intramolecular Hbond substituents is 1. The second-order valence-corrected chi connectivity index (χ2v) is 8.94. The van der Waals surface area contributed by atoms with Gasteiger partial charge in [-0.25, -0.2) is 9.97 Å². The van der Waals surface area contributed by atoms with Gasteiger partial charge in [0.25, 0.3) is 5.91 Å². The van der Waals surface area contributed by atoms with Crippen molar-refractivity contribution in [1.29, 1.82) is 5.41 Å². The summed E-state index contributed by atoms with van der Waals surface area (Å²) in [4.78, 5) is 24.1. The summed E-state index contributed by atoms with van der Waals surface area (Å²) in [6.45, 7) is 3.86. The minimum Gasteiger partial charge on any atom is -0.507 e. The Bertz CT molecular complexity index is 1410. The van der Waals surface area contributed by atoms with Crippen LogP contribution in [0.5, 0.6) is 5.75 Å². The number of phenols is 1. The fraction of sp³-hybridized carbons (Fsp3) is 0.214. The van der Waals surface area contributed by atoms with E-state index in [1.807, 2.05) is 75.3 Å². The summed E-state index contributed by atoms with van der Waals surface area (Å²) in [5.74, 6) is 0.253. The number of nitrogens with zero attached hydrogens (tertiary/aromatic N) is 3. The Labute approximate surface area is 205 Å². The van der Waals surface area contributed by atoms with E-state index in [4.69, 9.17) is 5.41 Å². The van der Waals surface area contributed by atoms with Gasteiger partial charge in [0.05, 0.1) is 22.5 Å². The molecule has 4 aromatic rings. The molecule has 0 aliphatic rings. The molecule has 0 spiro atoms. The highest BCUT2D eigenvalue weighted by atomic mass is 16.3. The summed E-state index contributed by atoms with van der Waals surface area (Å²) in [5, 5.41) is 22.9. The van der Waals surface area contributed by atoms with Gasteiger partial charge in [-0.05, 0) is 55.8 Å². The van der Waals surface area contributed by atoms with Gasteiger partial charge in [-0.2, -0.15) is 0 Å². The number of fused-ring (bicyclic) bond motifs is 1. The molecule has 1 amide bonds. The Morgan fingerprint density at radius 2 is 1.83 bits per heavy atom. The molecular formula is C28H29N5O2. The Balaban J connectivity index is 1.61. The zero-order valence-corrected chi connectivity index (χ0v) is 20.3. The van der Waals surface area contributed by atoms with Crippen LogP contribution in [0.2, 0.25) is 0 Å². The third kappa shape index (κ3) is 5.30. The van der Waals surface area contributed by atoms with Crippen molar-refractivity contribution in [3.63, 3.8) is 0 Å². The van der Waals surface area contributed by atoms with E-state index in [-0.39, 0.29) is 23.4 Å². The predicted molar refractivity (Wildman–Crippen MR) is 141 cm³/mol. The maximum Gasteiger partial charge on any atom is 0.251 e. The van der Waals surface area contributed by atoms with Gasteiger partial charge in [-0.1, -0.05) is 30.3 Å². The van der Waals surface area contributed by atoms with E-state index in [1.165, 1.54) is 0 Å². The zero-order valence-electron chi connectivity index (χ0n) is 20.3. The summed E-state index contributed by atoms with van der Waals surface area (Å²) in [6, 6.07) is 19.8. The molecule has 0 radical (unpaired) electrons. The maximum atomic E-state index is 12.8. The van der Waals surface area contributed by atoms with Crippen LogP contribution in [0.1, 0.15) is 35.0 Å². The second kappa shape index (κ2) is 9.93. The number of para-hydroxylation sites is 1. The fourth-order valence-corrected chi connectivity index (χ4v) is 3.94. The smallest absolute Gasteiger partial charge is 0.251 e. The first-order valence-electron chi connectivity index (χ1n) is 11.5. The van der Waals surface area contributed by atoms with Crippen molar-refractivity contribution in [2.45, 2.75) is 26.3 Å². The Hall–Kier alpha value is -4.26. The lowest BCUT2D eigenvalue weighted by Crippen LogP contribution is -2.34. The number of aryl methyl sites for hydroxylation is 1. The number of aromatic nitrogens is 2. The second-order valence-electron chi connectivity index (χ2n) is 8.94. The van der Waals surface area contributed by atoms with Crippen LogP contribution in [0.3, 0.4) is 0 Å². The molecule has 0 fully saturated rings. The molecular weight excluding hydrogens is 438 g/mol. The number of anilines is 1. The molecule has 3 N–H and O–H groups in total. The lowest BCUT2D eigenvalue weighted by Gasteiger charge is -2.17. The number of carbonyl (C=O) groups excluding carboxylic acids is 1. The van der Waals surface area contributed by atoms with E-state index in [1.54, 1.807) is 24.3 Å². The van der Waals surface area contributed by atoms with Gasteiger partial charge in [0.2, 0.25) is 0 Å². The van der Waals surface area contributed by atoms with Gasteiger partial charge >= 0.3 is 0 Å². The monoisotopic (exact) mass is 467 g/mol. The molecule has 4 rings (SSSR count). The first-order chi connectivity index (χ1) is 16.7. The van der Waals surface area contributed by atoms with Crippen molar-refractivity contribution in [2.24, 2.45) is 0 Å². The predicted octanol–water partition coefficient (Wildman–Crippen LogP) is 4.95. The van der Waals surface area contributed by atoms with Crippen LogP contribution < -0.4 is 10.2 Å². The maximum absolute atomic E-state index is 12.8. The number of carbonyl (C=O) groups is 1. The molecule has 0 bridgehead atoms. The average Bonchev–Trinajstić information content (AvgIpc) is 2.83. The van der Waals surface area contributed by atoms with Crippen LogP contribution in [-0.4, -0.2) is 46.8 Å². The molecule has 1 heterocycles. The number of benzene rings is 3. The van der Waals surface area contributed by atoms with Crippen molar-refractivity contribution < 1.29 is 9.90 Å². The third-order valence-corrected chi connectivity index (χ3v) is 5.80. The number of hydrogen-bond acceptors (Lipinski definition) is 6. The summed E-state index contributed by atoms with van der Waals surface area (Å²) in [5.41, 5.74) is 4.54. The topological polar surface area (TPSA) is 102 Å². The molecule has 0 saturated heterocycles. The van der Waals surface area contributed by atoms with Gasteiger partial charge in [-0.15, -0.1) is 0 Å². The molecule has 7 heteroatoms. The van der Waals surface area contributed by atoms with Crippen molar-refractivity contribution >= 4 is 28.2 Å². The van der Waals surface area contributed by atoms with E-state index in [0.717, 1.165) is 16.6 Å². The summed E-state index contributed by atoms with van der Waals surface area (Å²) < 4.78 is 0. The third-order valence-electron chi connectivity index (χ3n) is 5.80.